The van der Waals surface area contributed by atoms with Gasteiger partial charge in [-0.3, -0.25) is 0 Å². The Bertz CT molecular complexity index is 345. The van der Waals surface area contributed by atoms with Crippen LogP contribution >= 0.6 is 15.9 Å². The van der Waals surface area contributed by atoms with Crippen molar-refractivity contribution >= 4 is 15.9 Å². The number of hydrogen-bond acceptors (Lipinski definition) is 1. The van der Waals surface area contributed by atoms with Gasteiger partial charge < -0.3 is 5.32 Å². The highest BCUT2D eigenvalue weighted by Gasteiger charge is 2.16. The van der Waals surface area contributed by atoms with Gasteiger partial charge >= 0.3 is 0 Å². The molecule has 2 heteroatoms. The van der Waals surface area contributed by atoms with E-state index in [2.05, 4.69) is 67.1 Å². The topological polar surface area (TPSA) is 12.0 Å². The molecule has 17 heavy (non-hydrogen) atoms. The first-order chi connectivity index (χ1) is 7.81. The molecule has 0 aliphatic carbocycles. The molecule has 0 radical (unpaired) electrons. The lowest BCUT2D eigenvalue weighted by Gasteiger charge is -2.23. The Kier molecular flexibility index (Phi) is 5.21. The minimum absolute atomic E-state index is 0.399. The molecule has 1 aromatic rings. The molecular weight excluding hydrogens is 274 g/mol. The Hall–Kier alpha value is -0.340. The van der Waals surface area contributed by atoms with Crippen molar-refractivity contribution in [3.63, 3.8) is 0 Å². The fourth-order valence-electron chi connectivity index (χ4n) is 2.02. The molecule has 1 nitrogen and oxygen atoms in total. The van der Waals surface area contributed by atoms with E-state index >= 15 is 0 Å². The molecular formula is C15H24BrN. The van der Waals surface area contributed by atoms with Crippen LogP contribution in [0.1, 0.15) is 50.8 Å². The molecule has 96 valence electrons. The summed E-state index contributed by atoms with van der Waals surface area (Å²) < 4.78 is 1.17. The predicted molar refractivity (Wildman–Crippen MR) is 79.4 cm³/mol. The maximum Gasteiger partial charge on any atom is 0.0318 e. The summed E-state index contributed by atoms with van der Waals surface area (Å²) in [6.45, 7) is 9.04. The molecule has 1 unspecified atom stereocenters. The molecule has 0 heterocycles. The zero-order valence-electron chi connectivity index (χ0n) is 11.6. The lowest BCUT2D eigenvalue weighted by atomic mass is 9.87. The monoisotopic (exact) mass is 297 g/mol. The van der Waals surface area contributed by atoms with E-state index in [4.69, 9.17) is 0 Å². The van der Waals surface area contributed by atoms with E-state index in [0.717, 1.165) is 0 Å². The number of hydrogen-bond donors (Lipinski definition) is 1. The molecule has 1 aromatic carbocycles. The van der Waals surface area contributed by atoms with Gasteiger partial charge in [0.1, 0.15) is 0 Å². The third-order valence-corrected chi connectivity index (χ3v) is 3.46. The van der Waals surface area contributed by atoms with E-state index in [1.54, 1.807) is 0 Å². The summed E-state index contributed by atoms with van der Waals surface area (Å²) >= 11 is 3.57. The molecule has 0 amide bonds. The van der Waals surface area contributed by atoms with E-state index in [1.165, 1.54) is 28.4 Å². The largest absolute Gasteiger partial charge is 0.313 e. The van der Waals surface area contributed by atoms with E-state index in [-0.39, 0.29) is 0 Å². The van der Waals surface area contributed by atoms with Crippen LogP contribution in [0.5, 0.6) is 0 Å². The number of benzene rings is 1. The van der Waals surface area contributed by atoms with Crippen molar-refractivity contribution in [3.05, 3.63) is 33.8 Å². The maximum atomic E-state index is 3.57. The molecule has 0 fully saturated rings. The van der Waals surface area contributed by atoms with Gasteiger partial charge in [0.2, 0.25) is 0 Å². The molecule has 0 saturated carbocycles. The first-order valence-corrected chi connectivity index (χ1v) is 7.05. The number of rotatable bonds is 4. The zero-order valence-corrected chi connectivity index (χ0v) is 13.2. The number of aryl methyl sites for hydroxylation is 1. The van der Waals surface area contributed by atoms with Gasteiger partial charge in [-0.15, -0.1) is 0 Å². The van der Waals surface area contributed by atoms with Crippen LogP contribution in [0.4, 0.5) is 0 Å². The average Bonchev–Trinajstić information content (AvgIpc) is 2.15. The van der Waals surface area contributed by atoms with Gasteiger partial charge in [0, 0.05) is 10.5 Å². The van der Waals surface area contributed by atoms with Gasteiger partial charge in [-0.25, -0.2) is 0 Å². The summed E-state index contributed by atoms with van der Waals surface area (Å²) in [5, 5.41) is 3.42. The first-order valence-electron chi connectivity index (χ1n) is 6.26. The Labute approximate surface area is 114 Å². The fourth-order valence-corrected chi connectivity index (χ4v) is 2.65. The van der Waals surface area contributed by atoms with E-state index < -0.39 is 0 Å². The Morgan fingerprint density at radius 3 is 2.35 bits per heavy atom. The minimum Gasteiger partial charge on any atom is -0.313 e. The zero-order chi connectivity index (χ0) is 13.1. The SMILES string of the molecule is CNC(CCC(C)(C)C)c1cc(C)cc(Br)c1. The highest BCUT2D eigenvalue weighted by atomic mass is 79.9. The summed E-state index contributed by atoms with van der Waals surface area (Å²) in [4.78, 5) is 0. The van der Waals surface area contributed by atoms with Crippen LogP contribution in [0.3, 0.4) is 0 Å². The third-order valence-electron chi connectivity index (χ3n) is 3.00. The summed E-state index contributed by atoms with van der Waals surface area (Å²) in [6, 6.07) is 7.09. The van der Waals surface area contributed by atoms with Crippen LogP contribution in [0.25, 0.3) is 0 Å². The van der Waals surface area contributed by atoms with Crippen molar-refractivity contribution in [2.45, 2.75) is 46.6 Å². The van der Waals surface area contributed by atoms with E-state index in [9.17, 15) is 0 Å². The Balaban J connectivity index is 2.79. The van der Waals surface area contributed by atoms with Crippen molar-refractivity contribution in [2.75, 3.05) is 7.05 Å². The van der Waals surface area contributed by atoms with Crippen LogP contribution in [-0.4, -0.2) is 7.05 Å². The first kappa shape index (κ1) is 14.7. The molecule has 0 aliphatic heterocycles. The highest BCUT2D eigenvalue weighted by molar-refractivity contribution is 9.10. The summed E-state index contributed by atoms with van der Waals surface area (Å²) in [6.07, 6.45) is 2.40. The standard InChI is InChI=1S/C15H24BrN/c1-11-8-12(10-13(16)9-11)14(17-5)6-7-15(2,3)4/h8-10,14,17H,6-7H2,1-5H3. The van der Waals surface area contributed by atoms with Crippen molar-refractivity contribution in [1.29, 1.82) is 0 Å². The van der Waals surface area contributed by atoms with Crippen LogP contribution in [0, 0.1) is 12.3 Å². The van der Waals surface area contributed by atoms with Gasteiger partial charge in [0.05, 0.1) is 0 Å². The predicted octanol–water partition coefficient (Wildman–Crippen LogP) is 4.84. The second-order valence-corrected chi connectivity index (χ2v) is 6.92. The molecule has 0 spiro atoms. The summed E-state index contributed by atoms with van der Waals surface area (Å²) in [5.41, 5.74) is 3.09. The van der Waals surface area contributed by atoms with E-state index in [1.807, 2.05) is 7.05 Å². The van der Waals surface area contributed by atoms with Crippen molar-refractivity contribution in [1.82, 2.24) is 5.32 Å². The van der Waals surface area contributed by atoms with Gasteiger partial charge in [-0.05, 0) is 55.5 Å². The van der Waals surface area contributed by atoms with Crippen LogP contribution in [-0.2, 0) is 0 Å². The van der Waals surface area contributed by atoms with Gasteiger partial charge in [-0.2, -0.15) is 0 Å². The smallest absolute Gasteiger partial charge is 0.0318 e. The fraction of sp³-hybridized carbons (Fsp3) is 0.600. The van der Waals surface area contributed by atoms with Gasteiger partial charge in [0.15, 0.2) is 0 Å². The summed E-state index contributed by atoms with van der Waals surface area (Å²) in [5.74, 6) is 0. The second kappa shape index (κ2) is 6.01. The maximum absolute atomic E-state index is 3.57. The lowest BCUT2D eigenvalue weighted by Crippen LogP contribution is -2.19. The van der Waals surface area contributed by atoms with Crippen LogP contribution in [0.2, 0.25) is 0 Å². The van der Waals surface area contributed by atoms with Crippen LogP contribution < -0.4 is 5.32 Å². The molecule has 0 aliphatic rings. The van der Waals surface area contributed by atoms with Crippen LogP contribution in [0.15, 0.2) is 22.7 Å². The second-order valence-electron chi connectivity index (χ2n) is 6.00. The Morgan fingerprint density at radius 1 is 1.24 bits per heavy atom. The quantitative estimate of drug-likeness (QED) is 0.838. The molecule has 1 N–H and O–H groups in total. The van der Waals surface area contributed by atoms with Crippen molar-refractivity contribution in [2.24, 2.45) is 5.41 Å². The van der Waals surface area contributed by atoms with E-state index in [0.29, 0.717) is 11.5 Å². The number of nitrogens with one attached hydrogen (secondary N) is 1. The third kappa shape index (κ3) is 5.22. The Morgan fingerprint density at radius 2 is 1.88 bits per heavy atom. The molecule has 1 atom stereocenters. The highest BCUT2D eigenvalue weighted by Crippen LogP contribution is 2.29. The number of halogens is 1. The normalized spacial score (nSPS) is 13.8. The molecule has 0 saturated heterocycles. The van der Waals surface area contributed by atoms with Crippen molar-refractivity contribution < 1.29 is 0 Å². The van der Waals surface area contributed by atoms with Gasteiger partial charge in [0.25, 0.3) is 0 Å². The molecule has 1 rings (SSSR count). The minimum atomic E-state index is 0.399. The average molecular weight is 298 g/mol. The summed E-state index contributed by atoms with van der Waals surface area (Å²) in [7, 11) is 2.05. The lowest BCUT2D eigenvalue weighted by molar-refractivity contribution is 0.338. The van der Waals surface area contributed by atoms with Gasteiger partial charge in [-0.1, -0.05) is 42.8 Å². The molecule has 0 bridgehead atoms. The molecule has 0 aromatic heterocycles. The van der Waals surface area contributed by atoms with Crippen molar-refractivity contribution in [3.8, 4) is 0 Å².